The Morgan fingerprint density at radius 2 is 1.26 bits per heavy atom. The maximum atomic E-state index is 5.98. The van der Waals surface area contributed by atoms with Crippen molar-refractivity contribution < 1.29 is 4.74 Å². The Kier molecular flexibility index (Phi) is 4.35. The van der Waals surface area contributed by atoms with Crippen LogP contribution in [-0.2, 0) is 10.3 Å². The van der Waals surface area contributed by atoms with E-state index in [0.717, 1.165) is 6.54 Å². The minimum absolute atomic E-state index is 0.425. The molecule has 0 bridgehead atoms. The Morgan fingerprint density at radius 1 is 0.842 bits per heavy atom. The average Bonchev–Trinajstić information content (AvgIpc) is 2.46. The van der Waals surface area contributed by atoms with Crippen molar-refractivity contribution in [3.63, 3.8) is 0 Å². The monoisotopic (exact) mass is 255 g/mol. The third-order valence-electron chi connectivity index (χ3n) is 3.37. The van der Waals surface area contributed by atoms with Gasteiger partial charge in [0.2, 0.25) is 0 Å². The molecule has 2 nitrogen and oxygen atoms in total. The van der Waals surface area contributed by atoms with E-state index in [2.05, 4.69) is 67.5 Å². The van der Waals surface area contributed by atoms with Gasteiger partial charge >= 0.3 is 0 Å². The maximum absolute atomic E-state index is 5.98. The topological polar surface area (TPSA) is 12.5 Å². The number of nitrogens with zero attached hydrogens (tertiary/aromatic N) is 1. The SMILES string of the molecule is COC(CN(C)C)(c1ccccc1)c1ccccc1. The zero-order valence-electron chi connectivity index (χ0n) is 11.8. The highest BCUT2D eigenvalue weighted by molar-refractivity contribution is 5.37. The zero-order valence-corrected chi connectivity index (χ0v) is 11.8. The largest absolute Gasteiger partial charge is 0.367 e. The molecular weight excluding hydrogens is 234 g/mol. The molecular formula is C17H21NO. The summed E-state index contributed by atoms with van der Waals surface area (Å²) in [5.41, 5.74) is 1.93. The molecule has 0 amide bonds. The Labute approximate surface area is 115 Å². The Hall–Kier alpha value is -1.64. The Bertz CT molecular complexity index is 454. The molecule has 19 heavy (non-hydrogen) atoms. The first-order valence-electron chi connectivity index (χ1n) is 6.50. The fourth-order valence-corrected chi connectivity index (χ4v) is 2.51. The van der Waals surface area contributed by atoms with Crippen LogP contribution in [0, 0.1) is 0 Å². The number of methoxy groups -OCH3 is 1. The van der Waals surface area contributed by atoms with Crippen LogP contribution in [0.2, 0.25) is 0 Å². The molecule has 0 radical (unpaired) electrons. The van der Waals surface area contributed by atoms with E-state index in [4.69, 9.17) is 4.74 Å². The van der Waals surface area contributed by atoms with Crippen molar-refractivity contribution in [3.05, 3.63) is 71.8 Å². The minimum atomic E-state index is -0.425. The molecule has 0 saturated carbocycles. The lowest BCUT2D eigenvalue weighted by Crippen LogP contribution is -2.40. The summed E-state index contributed by atoms with van der Waals surface area (Å²) in [4.78, 5) is 2.16. The minimum Gasteiger partial charge on any atom is -0.367 e. The van der Waals surface area contributed by atoms with Crippen LogP contribution in [0.5, 0.6) is 0 Å². The van der Waals surface area contributed by atoms with Gasteiger partial charge in [0.1, 0.15) is 5.60 Å². The van der Waals surface area contributed by atoms with Crippen molar-refractivity contribution in [2.75, 3.05) is 27.7 Å². The number of rotatable bonds is 5. The first-order chi connectivity index (χ1) is 9.19. The molecule has 2 aromatic rings. The summed E-state index contributed by atoms with van der Waals surface area (Å²) < 4.78 is 5.98. The van der Waals surface area contributed by atoms with Crippen LogP contribution < -0.4 is 0 Å². The van der Waals surface area contributed by atoms with Gasteiger partial charge in [0.05, 0.1) is 0 Å². The fraction of sp³-hybridized carbons (Fsp3) is 0.294. The van der Waals surface area contributed by atoms with Gasteiger partial charge in [-0.2, -0.15) is 0 Å². The third kappa shape index (κ3) is 2.86. The van der Waals surface area contributed by atoms with Crippen molar-refractivity contribution in [2.45, 2.75) is 5.60 Å². The molecule has 2 heteroatoms. The molecule has 0 N–H and O–H groups in total. The first-order valence-corrected chi connectivity index (χ1v) is 6.50. The van der Waals surface area contributed by atoms with Crippen LogP contribution in [0.15, 0.2) is 60.7 Å². The van der Waals surface area contributed by atoms with E-state index in [9.17, 15) is 0 Å². The third-order valence-corrected chi connectivity index (χ3v) is 3.37. The number of likely N-dealkylation sites (N-methyl/N-ethyl adjacent to an activating group) is 1. The number of hydrogen-bond acceptors (Lipinski definition) is 2. The summed E-state index contributed by atoms with van der Waals surface area (Å²) in [5, 5.41) is 0. The molecule has 0 aliphatic rings. The van der Waals surface area contributed by atoms with Gasteiger partial charge in [-0.25, -0.2) is 0 Å². The molecule has 2 rings (SSSR count). The quantitative estimate of drug-likeness (QED) is 0.814. The Morgan fingerprint density at radius 3 is 1.58 bits per heavy atom. The smallest absolute Gasteiger partial charge is 0.130 e. The van der Waals surface area contributed by atoms with E-state index in [1.807, 2.05) is 12.1 Å². The van der Waals surface area contributed by atoms with E-state index < -0.39 is 5.60 Å². The predicted octanol–water partition coefficient (Wildman–Crippen LogP) is 3.14. The second kappa shape index (κ2) is 6.00. The van der Waals surface area contributed by atoms with Gasteiger partial charge in [-0.15, -0.1) is 0 Å². The molecule has 0 unspecified atom stereocenters. The lowest BCUT2D eigenvalue weighted by Gasteiger charge is -2.36. The van der Waals surface area contributed by atoms with Gasteiger partial charge in [0, 0.05) is 13.7 Å². The van der Waals surface area contributed by atoms with Crippen LogP contribution in [0.25, 0.3) is 0 Å². The standard InChI is InChI=1S/C17H21NO/c1-18(2)14-17(19-3,15-10-6-4-7-11-15)16-12-8-5-9-13-16/h4-13H,14H2,1-3H3. The fourth-order valence-electron chi connectivity index (χ4n) is 2.51. The summed E-state index contributed by atoms with van der Waals surface area (Å²) >= 11 is 0. The van der Waals surface area contributed by atoms with Gasteiger partial charge in [-0.1, -0.05) is 60.7 Å². The van der Waals surface area contributed by atoms with Gasteiger partial charge < -0.3 is 9.64 Å². The highest BCUT2D eigenvalue weighted by Gasteiger charge is 2.34. The van der Waals surface area contributed by atoms with Crippen molar-refractivity contribution >= 4 is 0 Å². The molecule has 2 aromatic carbocycles. The van der Waals surface area contributed by atoms with Crippen LogP contribution in [0.1, 0.15) is 11.1 Å². The highest BCUT2D eigenvalue weighted by atomic mass is 16.5. The van der Waals surface area contributed by atoms with Gasteiger partial charge in [-0.05, 0) is 25.2 Å². The van der Waals surface area contributed by atoms with Crippen LogP contribution in [0.3, 0.4) is 0 Å². The van der Waals surface area contributed by atoms with Crippen LogP contribution in [-0.4, -0.2) is 32.6 Å². The highest BCUT2D eigenvalue weighted by Crippen LogP contribution is 2.33. The molecule has 0 aliphatic carbocycles. The number of ether oxygens (including phenoxy) is 1. The second-order valence-corrected chi connectivity index (χ2v) is 5.00. The van der Waals surface area contributed by atoms with Gasteiger partial charge in [-0.3, -0.25) is 0 Å². The van der Waals surface area contributed by atoms with E-state index in [1.165, 1.54) is 11.1 Å². The number of hydrogen-bond donors (Lipinski definition) is 0. The molecule has 0 spiro atoms. The average molecular weight is 255 g/mol. The number of benzene rings is 2. The van der Waals surface area contributed by atoms with Crippen LogP contribution in [0.4, 0.5) is 0 Å². The van der Waals surface area contributed by atoms with E-state index in [-0.39, 0.29) is 0 Å². The summed E-state index contributed by atoms with van der Waals surface area (Å²) in [7, 11) is 5.92. The van der Waals surface area contributed by atoms with Crippen molar-refractivity contribution in [1.82, 2.24) is 4.90 Å². The first kappa shape index (κ1) is 13.8. The molecule has 0 fully saturated rings. The van der Waals surface area contributed by atoms with E-state index in [1.54, 1.807) is 7.11 Å². The van der Waals surface area contributed by atoms with Crippen molar-refractivity contribution in [1.29, 1.82) is 0 Å². The molecule has 0 saturated heterocycles. The van der Waals surface area contributed by atoms with E-state index in [0.29, 0.717) is 0 Å². The summed E-state index contributed by atoms with van der Waals surface area (Å²) in [6.07, 6.45) is 0. The molecule has 0 aliphatic heterocycles. The molecule has 0 atom stereocenters. The lowest BCUT2D eigenvalue weighted by atomic mass is 9.85. The van der Waals surface area contributed by atoms with Gasteiger partial charge in [0.15, 0.2) is 0 Å². The van der Waals surface area contributed by atoms with Crippen LogP contribution >= 0.6 is 0 Å². The van der Waals surface area contributed by atoms with Crippen molar-refractivity contribution in [3.8, 4) is 0 Å². The maximum Gasteiger partial charge on any atom is 0.130 e. The second-order valence-electron chi connectivity index (χ2n) is 5.00. The lowest BCUT2D eigenvalue weighted by molar-refractivity contribution is 0.00159. The summed E-state index contributed by atoms with van der Waals surface area (Å²) in [5.74, 6) is 0. The molecule has 100 valence electrons. The normalized spacial score (nSPS) is 11.8. The molecule has 0 aromatic heterocycles. The summed E-state index contributed by atoms with van der Waals surface area (Å²) in [6.45, 7) is 0.803. The van der Waals surface area contributed by atoms with E-state index >= 15 is 0 Å². The summed E-state index contributed by atoms with van der Waals surface area (Å²) in [6, 6.07) is 20.8. The predicted molar refractivity (Wildman–Crippen MR) is 79.2 cm³/mol. The van der Waals surface area contributed by atoms with Gasteiger partial charge in [0.25, 0.3) is 0 Å². The molecule has 0 heterocycles. The zero-order chi connectivity index (χ0) is 13.7. The Balaban J connectivity index is 2.55. The van der Waals surface area contributed by atoms with Crippen molar-refractivity contribution in [2.24, 2.45) is 0 Å².